The molecule has 0 N–H and O–H groups in total. The molecule has 6 heteroatoms. The van der Waals surface area contributed by atoms with Gasteiger partial charge in [-0.3, -0.25) is 9.59 Å². The predicted octanol–water partition coefficient (Wildman–Crippen LogP) is 2.29. The van der Waals surface area contributed by atoms with E-state index in [9.17, 15) is 18.4 Å². The molecule has 0 aromatic rings. The number of ether oxygens (including phenoxy) is 2. The van der Waals surface area contributed by atoms with Crippen LogP contribution in [0.4, 0.5) is 8.78 Å². The van der Waals surface area contributed by atoms with E-state index in [0.29, 0.717) is 6.08 Å². The van der Waals surface area contributed by atoms with Crippen LogP contribution in [0.1, 0.15) is 26.7 Å². The molecular formula is C11H16F2O4. The average Bonchev–Trinajstić information content (AvgIpc) is 2.24. The van der Waals surface area contributed by atoms with E-state index >= 15 is 0 Å². The third-order valence-corrected chi connectivity index (χ3v) is 1.90. The van der Waals surface area contributed by atoms with Crippen LogP contribution in [0.3, 0.4) is 0 Å². The Morgan fingerprint density at radius 2 is 1.59 bits per heavy atom. The Balaban J connectivity index is 4.45. The Morgan fingerprint density at radius 3 is 1.94 bits per heavy atom. The maximum atomic E-state index is 11.8. The van der Waals surface area contributed by atoms with E-state index in [2.05, 4.69) is 9.47 Å². The molecule has 0 aliphatic heterocycles. The monoisotopic (exact) mass is 250 g/mol. The second kappa shape index (κ2) is 8.66. The van der Waals surface area contributed by atoms with Crippen LogP contribution in [-0.4, -0.2) is 25.2 Å². The van der Waals surface area contributed by atoms with Gasteiger partial charge in [-0.15, -0.1) is 0 Å². The molecule has 0 spiro atoms. The SMILES string of the molecule is CCOC(=O)C(CCC=C(F)F)C(=O)OCC. The third kappa shape index (κ3) is 6.65. The van der Waals surface area contributed by atoms with Gasteiger partial charge in [0.15, 0.2) is 5.92 Å². The average molecular weight is 250 g/mol. The topological polar surface area (TPSA) is 52.6 Å². The highest BCUT2D eigenvalue weighted by molar-refractivity contribution is 5.94. The molecule has 0 atom stereocenters. The van der Waals surface area contributed by atoms with Crippen molar-refractivity contribution in [1.82, 2.24) is 0 Å². The van der Waals surface area contributed by atoms with Crippen molar-refractivity contribution in [3.05, 3.63) is 12.2 Å². The summed E-state index contributed by atoms with van der Waals surface area (Å²) < 4.78 is 33.0. The highest BCUT2D eigenvalue weighted by atomic mass is 19.3. The van der Waals surface area contributed by atoms with Gasteiger partial charge in [-0.25, -0.2) is 0 Å². The molecule has 0 rings (SSSR count). The standard InChI is InChI=1S/C11H16F2O4/c1-3-16-10(14)8(11(15)17-4-2)6-5-7-9(12)13/h7-8H,3-6H2,1-2H3. The number of hydrogen-bond acceptors (Lipinski definition) is 4. The number of allylic oxidation sites excluding steroid dienone is 1. The van der Waals surface area contributed by atoms with Gasteiger partial charge in [0.1, 0.15) is 0 Å². The summed E-state index contributed by atoms with van der Waals surface area (Å²) in [6, 6.07) is 0. The van der Waals surface area contributed by atoms with Crippen molar-refractivity contribution < 1.29 is 27.8 Å². The number of carbonyl (C=O) groups excluding carboxylic acids is 2. The number of carbonyl (C=O) groups is 2. The van der Waals surface area contributed by atoms with Gasteiger partial charge in [0, 0.05) is 0 Å². The Kier molecular flexibility index (Phi) is 7.92. The highest BCUT2D eigenvalue weighted by Crippen LogP contribution is 2.13. The molecule has 0 saturated heterocycles. The maximum absolute atomic E-state index is 11.8. The minimum absolute atomic E-state index is 0.0466. The van der Waals surface area contributed by atoms with E-state index in [1.54, 1.807) is 13.8 Å². The first-order chi connectivity index (χ1) is 8.02. The first-order valence-corrected chi connectivity index (χ1v) is 5.37. The Labute approximate surface area is 98.6 Å². The molecule has 17 heavy (non-hydrogen) atoms. The maximum Gasteiger partial charge on any atom is 0.320 e. The largest absolute Gasteiger partial charge is 0.465 e. The minimum Gasteiger partial charge on any atom is -0.465 e. The van der Waals surface area contributed by atoms with Crippen LogP contribution in [-0.2, 0) is 19.1 Å². The lowest BCUT2D eigenvalue weighted by Crippen LogP contribution is -2.28. The molecule has 0 saturated carbocycles. The summed E-state index contributed by atoms with van der Waals surface area (Å²) >= 11 is 0. The van der Waals surface area contributed by atoms with Gasteiger partial charge in [-0.1, -0.05) is 0 Å². The zero-order valence-electron chi connectivity index (χ0n) is 9.87. The van der Waals surface area contributed by atoms with Crippen molar-refractivity contribution >= 4 is 11.9 Å². The molecular weight excluding hydrogens is 234 g/mol. The van der Waals surface area contributed by atoms with Crippen LogP contribution >= 0.6 is 0 Å². The first kappa shape index (κ1) is 15.5. The van der Waals surface area contributed by atoms with Crippen LogP contribution in [0, 0.1) is 5.92 Å². The van der Waals surface area contributed by atoms with Crippen LogP contribution < -0.4 is 0 Å². The fraction of sp³-hybridized carbons (Fsp3) is 0.636. The van der Waals surface area contributed by atoms with Gasteiger partial charge < -0.3 is 9.47 Å². The molecule has 0 bridgehead atoms. The fourth-order valence-electron chi connectivity index (χ4n) is 1.18. The van der Waals surface area contributed by atoms with E-state index < -0.39 is 23.9 Å². The van der Waals surface area contributed by atoms with E-state index in [4.69, 9.17) is 0 Å². The van der Waals surface area contributed by atoms with Crippen LogP contribution in [0.15, 0.2) is 12.2 Å². The normalized spacial score (nSPS) is 9.94. The number of halogens is 2. The first-order valence-electron chi connectivity index (χ1n) is 5.37. The van der Waals surface area contributed by atoms with Crippen molar-refractivity contribution in [1.29, 1.82) is 0 Å². The van der Waals surface area contributed by atoms with E-state index in [-0.39, 0.29) is 26.1 Å². The van der Waals surface area contributed by atoms with Crippen molar-refractivity contribution in [2.45, 2.75) is 26.7 Å². The number of hydrogen-bond donors (Lipinski definition) is 0. The van der Waals surface area contributed by atoms with Gasteiger partial charge in [-0.05, 0) is 32.8 Å². The molecule has 98 valence electrons. The van der Waals surface area contributed by atoms with Crippen molar-refractivity contribution in [2.75, 3.05) is 13.2 Å². The summed E-state index contributed by atoms with van der Waals surface area (Å²) in [6.07, 6.45) is -1.30. The van der Waals surface area contributed by atoms with E-state index in [0.717, 1.165) is 0 Å². The van der Waals surface area contributed by atoms with Gasteiger partial charge in [0.25, 0.3) is 6.08 Å². The molecule has 0 aromatic heterocycles. The quantitative estimate of drug-likeness (QED) is 0.514. The van der Waals surface area contributed by atoms with Gasteiger partial charge >= 0.3 is 11.9 Å². The fourth-order valence-corrected chi connectivity index (χ4v) is 1.18. The minimum atomic E-state index is -1.84. The summed E-state index contributed by atoms with van der Waals surface area (Å²) in [5.41, 5.74) is 0. The van der Waals surface area contributed by atoms with E-state index in [1.165, 1.54) is 0 Å². The highest BCUT2D eigenvalue weighted by Gasteiger charge is 2.28. The molecule has 0 heterocycles. The van der Waals surface area contributed by atoms with Crippen molar-refractivity contribution in [3.63, 3.8) is 0 Å². The summed E-state index contributed by atoms with van der Waals surface area (Å²) in [5, 5.41) is 0. The second-order valence-electron chi connectivity index (χ2n) is 3.13. The van der Waals surface area contributed by atoms with Crippen molar-refractivity contribution in [3.8, 4) is 0 Å². The lowest BCUT2D eigenvalue weighted by atomic mass is 10.0. The van der Waals surface area contributed by atoms with Crippen LogP contribution in [0.5, 0.6) is 0 Å². The lowest BCUT2D eigenvalue weighted by Gasteiger charge is -2.13. The summed E-state index contributed by atoms with van der Waals surface area (Å²) in [5.74, 6) is -2.61. The smallest absolute Gasteiger partial charge is 0.320 e. The summed E-state index contributed by atoms with van der Waals surface area (Å²) in [4.78, 5) is 22.8. The molecule has 4 nitrogen and oxygen atoms in total. The summed E-state index contributed by atoms with van der Waals surface area (Å²) in [7, 11) is 0. The predicted molar refractivity (Wildman–Crippen MR) is 56.3 cm³/mol. The molecule has 0 fully saturated rings. The zero-order valence-corrected chi connectivity index (χ0v) is 9.87. The zero-order chi connectivity index (χ0) is 13.3. The molecule has 0 aromatic carbocycles. The summed E-state index contributed by atoms with van der Waals surface area (Å²) in [6.45, 7) is 3.45. The van der Waals surface area contributed by atoms with Crippen molar-refractivity contribution in [2.24, 2.45) is 5.92 Å². The Bertz CT molecular complexity index is 267. The molecule has 0 aliphatic rings. The number of rotatable bonds is 7. The Hall–Kier alpha value is -1.46. The van der Waals surface area contributed by atoms with Gasteiger partial charge in [0.2, 0.25) is 0 Å². The molecule has 0 amide bonds. The molecule has 0 unspecified atom stereocenters. The lowest BCUT2D eigenvalue weighted by molar-refractivity contribution is -0.161. The van der Waals surface area contributed by atoms with E-state index in [1.807, 2.05) is 0 Å². The van der Waals surface area contributed by atoms with Gasteiger partial charge in [0.05, 0.1) is 13.2 Å². The Morgan fingerprint density at radius 1 is 1.12 bits per heavy atom. The third-order valence-electron chi connectivity index (χ3n) is 1.90. The molecule has 0 radical (unpaired) electrons. The molecule has 0 aliphatic carbocycles. The van der Waals surface area contributed by atoms with Crippen LogP contribution in [0.25, 0.3) is 0 Å². The number of esters is 2. The van der Waals surface area contributed by atoms with Gasteiger partial charge in [-0.2, -0.15) is 8.78 Å². The second-order valence-corrected chi connectivity index (χ2v) is 3.13. The van der Waals surface area contributed by atoms with Crippen LogP contribution in [0.2, 0.25) is 0 Å².